The maximum atomic E-state index is 10.6. The Morgan fingerprint density at radius 3 is 1.73 bits per heavy atom. The first-order valence-electron chi connectivity index (χ1n) is 15.8. The molecular formula is C43H25N5. The molecule has 48 heavy (non-hydrogen) atoms. The molecule has 0 unspecified atom stereocenters. The van der Waals surface area contributed by atoms with Gasteiger partial charge in [0.15, 0.2) is 0 Å². The van der Waals surface area contributed by atoms with E-state index in [0.717, 1.165) is 66.3 Å². The second-order valence-corrected chi connectivity index (χ2v) is 11.9. The number of pyridine rings is 1. The second kappa shape index (κ2) is 10.8. The van der Waals surface area contributed by atoms with Crippen molar-refractivity contribution in [1.82, 2.24) is 14.1 Å². The van der Waals surface area contributed by atoms with Crippen molar-refractivity contribution >= 4 is 43.6 Å². The molecule has 3 aromatic heterocycles. The Morgan fingerprint density at radius 2 is 1.06 bits per heavy atom. The zero-order chi connectivity index (χ0) is 32.2. The van der Waals surface area contributed by atoms with Crippen LogP contribution in [0.2, 0.25) is 0 Å². The fourth-order valence-electron chi connectivity index (χ4n) is 7.10. The van der Waals surface area contributed by atoms with Crippen molar-refractivity contribution < 1.29 is 0 Å². The average Bonchev–Trinajstić information content (AvgIpc) is 3.66. The molecule has 0 fully saturated rings. The fourth-order valence-corrected chi connectivity index (χ4v) is 7.10. The molecule has 0 N–H and O–H groups in total. The van der Waals surface area contributed by atoms with Gasteiger partial charge in [0.2, 0.25) is 0 Å². The lowest BCUT2D eigenvalue weighted by atomic mass is 9.97. The van der Waals surface area contributed by atoms with E-state index < -0.39 is 0 Å². The Kier molecular flexibility index (Phi) is 6.18. The first-order valence-corrected chi connectivity index (χ1v) is 15.8. The summed E-state index contributed by atoms with van der Waals surface area (Å²) in [4.78, 5) is 4.49. The summed E-state index contributed by atoms with van der Waals surface area (Å²) in [6, 6.07) is 54.4. The summed E-state index contributed by atoms with van der Waals surface area (Å²) in [6.45, 7) is 0. The number of rotatable bonds is 4. The number of para-hydroxylation sites is 3. The van der Waals surface area contributed by atoms with Gasteiger partial charge in [0.05, 0.1) is 33.3 Å². The van der Waals surface area contributed by atoms with Gasteiger partial charge in [-0.25, -0.2) is 4.98 Å². The SMILES string of the molecule is N#Cc1cc(-c2cc(-c3ccccc3)cnc2C#N)ccc1-n1c2ccccc2c2cc3c(cc21)c1ccccc1n3-c1ccccc1. The Balaban J connectivity index is 1.30. The smallest absolute Gasteiger partial charge is 0.148 e. The molecule has 9 rings (SSSR count). The van der Waals surface area contributed by atoms with E-state index >= 15 is 0 Å². The quantitative estimate of drug-likeness (QED) is 0.199. The van der Waals surface area contributed by atoms with Crippen LogP contribution in [0.3, 0.4) is 0 Å². The molecule has 9 aromatic rings. The van der Waals surface area contributed by atoms with Crippen molar-refractivity contribution in [2.24, 2.45) is 0 Å². The lowest BCUT2D eigenvalue weighted by molar-refractivity contribution is 1.16. The van der Waals surface area contributed by atoms with Crippen molar-refractivity contribution in [3.8, 4) is 45.8 Å². The van der Waals surface area contributed by atoms with Crippen LogP contribution in [0, 0.1) is 22.7 Å². The third-order valence-electron chi connectivity index (χ3n) is 9.25. The van der Waals surface area contributed by atoms with Crippen LogP contribution in [0.15, 0.2) is 152 Å². The molecule has 0 saturated heterocycles. The van der Waals surface area contributed by atoms with Crippen LogP contribution in [0.1, 0.15) is 11.3 Å². The maximum Gasteiger partial charge on any atom is 0.148 e. The van der Waals surface area contributed by atoms with Crippen LogP contribution >= 0.6 is 0 Å². The van der Waals surface area contributed by atoms with Gasteiger partial charge in [-0.1, -0.05) is 91.0 Å². The molecule has 5 nitrogen and oxygen atoms in total. The summed E-state index contributed by atoms with van der Waals surface area (Å²) in [6.07, 6.45) is 1.73. The molecule has 0 saturated carbocycles. The summed E-state index contributed by atoms with van der Waals surface area (Å²) in [5.41, 5.74) is 10.4. The standard InChI is InChI=1S/C43H25N5/c44-25-30-21-29(35-22-31(27-46-38(35)26-45)28-11-3-1-4-12-28)19-20-39(30)48-41-18-10-8-16-34(41)37-23-42-36(24-43(37)48)33-15-7-9-17-40(33)47(42)32-13-5-2-6-14-32/h1-24,27H. The topological polar surface area (TPSA) is 70.3 Å². The summed E-state index contributed by atoms with van der Waals surface area (Å²) in [7, 11) is 0. The first-order chi connectivity index (χ1) is 23.7. The van der Waals surface area contributed by atoms with Crippen molar-refractivity contribution in [1.29, 1.82) is 10.5 Å². The number of hydrogen-bond acceptors (Lipinski definition) is 3. The number of nitrogens with zero attached hydrogens (tertiary/aromatic N) is 5. The Hall–Kier alpha value is -6.95. The van der Waals surface area contributed by atoms with E-state index in [9.17, 15) is 10.5 Å². The van der Waals surface area contributed by atoms with Crippen LogP contribution in [-0.4, -0.2) is 14.1 Å². The van der Waals surface area contributed by atoms with E-state index in [-0.39, 0.29) is 0 Å². The molecule has 6 aromatic carbocycles. The highest BCUT2D eigenvalue weighted by Gasteiger charge is 2.20. The number of benzene rings is 6. The van der Waals surface area contributed by atoms with Crippen LogP contribution in [0.4, 0.5) is 0 Å². The molecule has 0 aliphatic rings. The van der Waals surface area contributed by atoms with Crippen LogP contribution < -0.4 is 0 Å². The van der Waals surface area contributed by atoms with Gasteiger partial charge in [0.25, 0.3) is 0 Å². The Labute approximate surface area is 276 Å². The predicted molar refractivity (Wildman–Crippen MR) is 193 cm³/mol. The van der Waals surface area contributed by atoms with Crippen molar-refractivity contribution in [3.05, 3.63) is 163 Å². The van der Waals surface area contributed by atoms with E-state index in [4.69, 9.17) is 0 Å². The van der Waals surface area contributed by atoms with Gasteiger partial charge in [-0.3, -0.25) is 0 Å². The zero-order valence-corrected chi connectivity index (χ0v) is 25.7. The minimum Gasteiger partial charge on any atom is -0.309 e. The summed E-state index contributed by atoms with van der Waals surface area (Å²) < 4.78 is 4.53. The lowest BCUT2D eigenvalue weighted by Crippen LogP contribution is -1.99. The highest BCUT2D eigenvalue weighted by Crippen LogP contribution is 2.40. The third-order valence-corrected chi connectivity index (χ3v) is 9.25. The Bertz CT molecular complexity index is 2790. The van der Waals surface area contributed by atoms with Crippen LogP contribution in [0.25, 0.3) is 77.2 Å². The van der Waals surface area contributed by atoms with Crippen LogP contribution in [-0.2, 0) is 0 Å². The highest BCUT2D eigenvalue weighted by molar-refractivity contribution is 6.19. The van der Waals surface area contributed by atoms with Gasteiger partial charge >= 0.3 is 0 Å². The molecule has 0 spiro atoms. The van der Waals surface area contributed by atoms with E-state index in [0.29, 0.717) is 16.8 Å². The first kappa shape index (κ1) is 27.4. The van der Waals surface area contributed by atoms with Gasteiger partial charge in [-0.05, 0) is 65.7 Å². The lowest BCUT2D eigenvalue weighted by Gasteiger charge is -2.13. The molecule has 0 aliphatic heterocycles. The highest BCUT2D eigenvalue weighted by atomic mass is 15.0. The monoisotopic (exact) mass is 611 g/mol. The van der Waals surface area contributed by atoms with Gasteiger partial charge in [0, 0.05) is 44.6 Å². The predicted octanol–water partition coefficient (Wildman–Crippen LogP) is 10.4. The minimum absolute atomic E-state index is 0.320. The summed E-state index contributed by atoms with van der Waals surface area (Å²) >= 11 is 0. The molecular weight excluding hydrogens is 587 g/mol. The molecule has 0 amide bonds. The second-order valence-electron chi connectivity index (χ2n) is 11.9. The van der Waals surface area contributed by atoms with Gasteiger partial charge < -0.3 is 9.13 Å². The minimum atomic E-state index is 0.320. The Morgan fingerprint density at radius 1 is 0.458 bits per heavy atom. The van der Waals surface area contributed by atoms with E-state index in [2.05, 4.69) is 105 Å². The van der Waals surface area contributed by atoms with Gasteiger partial charge in [0.1, 0.15) is 17.8 Å². The molecule has 3 heterocycles. The fraction of sp³-hybridized carbons (Fsp3) is 0. The largest absolute Gasteiger partial charge is 0.309 e. The average molecular weight is 612 g/mol. The van der Waals surface area contributed by atoms with Crippen molar-refractivity contribution in [2.45, 2.75) is 0 Å². The van der Waals surface area contributed by atoms with Crippen molar-refractivity contribution in [3.63, 3.8) is 0 Å². The number of nitriles is 2. The summed E-state index contributed by atoms with van der Waals surface area (Å²) in [5.74, 6) is 0. The molecule has 0 aliphatic carbocycles. The molecule has 0 bridgehead atoms. The molecule has 0 radical (unpaired) electrons. The number of fused-ring (bicyclic) bond motifs is 6. The van der Waals surface area contributed by atoms with Crippen molar-refractivity contribution in [2.75, 3.05) is 0 Å². The number of aromatic nitrogens is 3. The third kappa shape index (κ3) is 4.13. The van der Waals surface area contributed by atoms with Gasteiger partial charge in [-0.2, -0.15) is 10.5 Å². The molecule has 5 heteroatoms. The van der Waals surface area contributed by atoms with E-state index in [1.54, 1.807) is 6.20 Å². The van der Waals surface area contributed by atoms with E-state index in [1.807, 2.05) is 66.7 Å². The zero-order valence-electron chi connectivity index (χ0n) is 25.7. The number of hydrogen-bond donors (Lipinski definition) is 0. The maximum absolute atomic E-state index is 10.6. The van der Waals surface area contributed by atoms with E-state index in [1.165, 1.54) is 5.39 Å². The normalized spacial score (nSPS) is 11.3. The van der Waals surface area contributed by atoms with Gasteiger partial charge in [-0.15, -0.1) is 0 Å². The molecule has 222 valence electrons. The molecule has 0 atom stereocenters. The van der Waals surface area contributed by atoms with Crippen LogP contribution in [0.5, 0.6) is 0 Å². The summed E-state index contributed by atoms with van der Waals surface area (Å²) in [5, 5.41) is 25.1.